The summed E-state index contributed by atoms with van der Waals surface area (Å²) in [5, 5.41) is 3.81. The van der Waals surface area contributed by atoms with E-state index in [1.807, 2.05) is 30.3 Å². The molecule has 0 aliphatic rings. The zero-order valence-electron chi connectivity index (χ0n) is 15.5. The molecule has 1 N–H and O–H groups in total. The molecule has 148 valence electrons. The fourth-order valence-corrected chi connectivity index (χ4v) is 2.53. The minimum absolute atomic E-state index is 0.0645. The Morgan fingerprint density at radius 2 is 1.89 bits per heavy atom. The van der Waals surface area contributed by atoms with Crippen LogP contribution in [-0.4, -0.2) is 42.2 Å². The quantitative estimate of drug-likeness (QED) is 0.615. The fourth-order valence-electron chi connectivity index (χ4n) is 2.53. The van der Waals surface area contributed by atoms with Crippen molar-refractivity contribution in [1.82, 2.24) is 15.0 Å². The number of ether oxygens (including phenoxy) is 1. The van der Waals surface area contributed by atoms with Crippen molar-refractivity contribution in [2.75, 3.05) is 37.5 Å². The lowest BCUT2D eigenvalue weighted by Gasteiger charge is -2.16. The van der Waals surface area contributed by atoms with Gasteiger partial charge in [-0.3, -0.25) is 4.98 Å². The monoisotopic (exact) mass is 391 g/mol. The molecule has 28 heavy (non-hydrogen) atoms. The van der Waals surface area contributed by atoms with Crippen molar-refractivity contribution in [3.63, 3.8) is 0 Å². The molecule has 6 nitrogen and oxygen atoms in total. The molecule has 3 rings (SSSR count). The molecule has 0 atom stereocenters. The standard InChI is InChI=1S/C19H20F3N5O/c1-27(2)16-12-15(19(20,21)22)25-18(26-16)24-10-5-11-28-14-8-3-6-13-7-4-9-23-17(13)14/h3-4,6-9,12H,5,10-11H2,1-2H3,(H,24,25,26). The van der Waals surface area contributed by atoms with E-state index in [2.05, 4.69) is 20.3 Å². The van der Waals surface area contributed by atoms with Crippen LogP contribution in [0.5, 0.6) is 5.75 Å². The number of alkyl halides is 3. The molecule has 0 spiro atoms. The van der Waals surface area contributed by atoms with Crippen LogP contribution in [0.25, 0.3) is 10.9 Å². The highest BCUT2D eigenvalue weighted by Gasteiger charge is 2.33. The third-order valence-corrected chi connectivity index (χ3v) is 3.92. The predicted octanol–water partition coefficient (Wildman–Crippen LogP) is 3.99. The van der Waals surface area contributed by atoms with E-state index in [0.717, 1.165) is 17.0 Å². The van der Waals surface area contributed by atoms with Gasteiger partial charge in [0, 0.05) is 38.3 Å². The first-order valence-corrected chi connectivity index (χ1v) is 8.68. The van der Waals surface area contributed by atoms with Crippen molar-refractivity contribution < 1.29 is 17.9 Å². The summed E-state index contributed by atoms with van der Waals surface area (Å²) in [4.78, 5) is 13.5. The Bertz CT molecular complexity index is 941. The number of hydrogen-bond acceptors (Lipinski definition) is 6. The first-order valence-electron chi connectivity index (χ1n) is 8.68. The van der Waals surface area contributed by atoms with Crippen LogP contribution in [0.1, 0.15) is 12.1 Å². The highest BCUT2D eigenvalue weighted by atomic mass is 19.4. The molecule has 0 fully saturated rings. The third-order valence-electron chi connectivity index (χ3n) is 3.92. The van der Waals surface area contributed by atoms with Crippen molar-refractivity contribution in [2.24, 2.45) is 0 Å². The maximum absolute atomic E-state index is 13.0. The van der Waals surface area contributed by atoms with E-state index in [4.69, 9.17) is 4.74 Å². The molecule has 0 saturated carbocycles. The molecule has 9 heteroatoms. The lowest BCUT2D eigenvalue weighted by Crippen LogP contribution is -2.18. The van der Waals surface area contributed by atoms with Crippen molar-refractivity contribution in [2.45, 2.75) is 12.6 Å². The smallest absolute Gasteiger partial charge is 0.433 e. The number of rotatable bonds is 7. The van der Waals surface area contributed by atoms with Crippen LogP contribution in [0, 0.1) is 0 Å². The molecule has 0 unspecified atom stereocenters. The van der Waals surface area contributed by atoms with Crippen molar-refractivity contribution in [3.8, 4) is 5.75 Å². The second-order valence-electron chi connectivity index (χ2n) is 6.29. The molecule has 0 saturated heterocycles. The summed E-state index contributed by atoms with van der Waals surface area (Å²) in [6.45, 7) is 0.745. The second kappa shape index (κ2) is 8.28. The molecule has 0 aliphatic heterocycles. The predicted molar refractivity (Wildman–Crippen MR) is 102 cm³/mol. The van der Waals surface area contributed by atoms with Crippen LogP contribution in [0.2, 0.25) is 0 Å². The van der Waals surface area contributed by atoms with Gasteiger partial charge in [0.05, 0.1) is 6.61 Å². The number of nitrogens with one attached hydrogen (secondary N) is 1. The van der Waals surface area contributed by atoms with Gasteiger partial charge in [0.25, 0.3) is 0 Å². The Balaban J connectivity index is 1.58. The van der Waals surface area contributed by atoms with Gasteiger partial charge in [-0.25, -0.2) is 4.98 Å². The van der Waals surface area contributed by atoms with E-state index in [9.17, 15) is 13.2 Å². The number of nitrogens with zero attached hydrogens (tertiary/aromatic N) is 4. The number of hydrogen-bond donors (Lipinski definition) is 1. The van der Waals surface area contributed by atoms with Gasteiger partial charge < -0.3 is 15.0 Å². The van der Waals surface area contributed by atoms with Crippen molar-refractivity contribution >= 4 is 22.7 Å². The van der Waals surface area contributed by atoms with Crippen molar-refractivity contribution in [3.05, 3.63) is 48.3 Å². The summed E-state index contributed by atoms with van der Waals surface area (Å²) in [5.41, 5.74) is -0.207. The second-order valence-corrected chi connectivity index (χ2v) is 6.29. The number of anilines is 2. The summed E-state index contributed by atoms with van der Waals surface area (Å²) in [7, 11) is 3.25. The van der Waals surface area contributed by atoms with Gasteiger partial charge in [-0.1, -0.05) is 18.2 Å². The van der Waals surface area contributed by atoms with Crippen molar-refractivity contribution in [1.29, 1.82) is 0 Å². The van der Waals surface area contributed by atoms with E-state index >= 15 is 0 Å². The molecule has 1 aromatic carbocycles. The van der Waals surface area contributed by atoms with Crippen LogP contribution >= 0.6 is 0 Å². The Morgan fingerprint density at radius 3 is 2.64 bits per heavy atom. The van der Waals surface area contributed by atoms with Gasteiger partial charge in [-0.05, 0) is 18.6 Å². The van der Waals surface area contributed by atoms with Gasteiger partial charge in [-0.2, -0.15) is 18.2 Å². The van der Waals surface area contributed by atoms with Crippen LogP contribution < -0.4 is 15.0 Å². The number of fused-ring (bicyclic) bond motifs is 1. The average Bonchev–Trinajstić information content (AvgIpc) is 2.67. The summed E-state index contributed by atoms with van der Waals surface area (Å²) in [6.07, 6.45) is -2.28. The topological polar surface area (TPSA) is 63.2 Å². The zero-order chi connectivity index (χ0) is 20.1. The Morgan fingerprint density at radius 1 is 1.11 bits per heavy atom. The van der Waals surface area contributed by atoms with E-state index in [1.54, 1.807) is 20.3 Å². The van der Waals surface area contributed by atoms with E-state index in [0.29, 0.717) is 25.3 Å². The first-order chi connectivity index (χ1) is 13.3. The molecule has 0 aliphatic carbocycles. The largest absolute Gasteiger partial charge is 0.491 e. The zero-order valence-corrected chi connectivity index (χ0v) is 15.5. The van der Waals surface area contributed by atoms with Crippen LogP contribution in [0.4, 0.5) is 24.9 Å². The van der Waals surface area contributed by atoms with Gasteiger partial charge in [0.15, 0.2) is 5.69 Å². The van der Waals surface area contributed by atoms with E-state index in [-0.39, 0.29) is 11.8 Å². The van der Waals surface area contributed by atoms with Gasteiger partial charge in [0.2, 0.25) is 5.95 Å². The normalized spacial score (nSPS) is 11.5. The molecule has 3 aromatic rings. The van der Waals surface area contributed by atoms with Gasteiger partial charge in [0.1, 0.15) is 17.1 Å². The lowest BCUT2D eigenvalue weighted by molar-refractivity contribution is -0.141. The third kappa shape index (κ3) is 4.79. The van der Waals surface area contributed by atoms with Gasteiger partial charge in [-0.15, -0.1) is 0 Å². The van der Waals surface area contributed by atoms with Crippen LogP contribution in [0.3, 0.4) is 0 Å². The average molecular weight is 391 g/mol. The molecule has 2 aromatic heterocycles. The van der Waals surface area contributed by atoms with E-state index in [1.165, 1.54) is 4.90 Å². The minimum atomic E-state index is -4.53. The SMILES string of the molecule is CN(C)c1cc(C(F)(F)F)nc(NCCCOc2cccc3cccnc23)n1. The summed E-state index contributed by atoms with van der Waals surface area (Å²) in [5.74, 6) is 0.788. The first kappa shape index (κ1) is 19.7. The molecule has 0 radical (unpaired) electrons. The number of aromatic nitrogens is 3. The number of halogens is 3. The molecular formula is C19H20F3N5O. The number of pyridine rings is 1. The van der Waals surface area contributed by atoms with Gasteiger partial charge >= 0.3 is 6.18 Å². The maximum atomic E-state index is 13.0. The number of benzene rings is 1. The summed E-state index contributed by atoms with van der Waals surface area (Å²) >= 11 is 0. The molecule has 0 bridgehead atoms. The minimum Gasteiger partial charge on any atom is -0.491 e. The molecular weight excluding hydrogens is 371 g/mol. The molecule has 2 heterocycles. The highest BCUT2D eigenvalue weighted by Crippen LogP contribution is 2.30. The lowest BCUT2D eigenvalue weighted by atomic mass is 10.2. The molecule has 0 amide bonds. The Labute approximate surface area is 160 Å². The van der Waals surface area contributed by atoms with Crippen LogP contribution in [0.15, 0.2) is 42.6 Å². The number of para-hydroxylation sites is 1. The maximum Gasteiger partial charge on any atom is 0.433 e. The summed E-state index contributed by atoms with van der Waals surface area (Å²) < 4.78 is 44.8. The summed E-state index contributed by atoms with van der Waals surface area (Å²) in [6, 6.07) is 10.4. The van der Waals surface area contributed by atoms with E-state index < -0.39 is 11.9 Å². The Kier molecular flexibility index (Phi) is 5.81. The Hall–Kier alpha value is -3.10. The fraction of sp³-hybridized carbons (Fsp3) is 0.316. The van der Waals surface area contributed by atoms with Crippen LogP contribution in [-0.2, 0) is 6.18 Å². The highest BCUT2D eigenvalue weighted by molar-refractivity contribution is 5.84.